The molecular weight excluding hydrogens is 393 g/mol. The minimum absolute atomic E-state index is 0. The van der Waals surface area contributed by atoms with Crippen LogP contribution in [-0.4, -0.2) is 10.9 Å². The third-order valence-corrected chi connectivity index (χ3v) is 5.02. The lowest BCUT2D eigenvalue weighted by Crippen LogP contribution is -2.14. The lowest BCUT2D eigenvalue weighted by molar-refractivity contribution is 0.102. The maximum atomic E-state index is 13.1. The van der Waals surface area contributed by atoms with Crippen LogP contribution in [-0.2, 0) is 0 Å². The molecule has 6 heteroatoms. The second-order valence-electron chi connectivity index (χ2n) is 7.38. The number of rotatable bonds is 3. The lowest BCUT2D eigenvalue weighted by atomic mass is 10.00. The zero-order valence-electron chi connectivity index (χ0n) is 16.2. The number of anilines is 2. The molecule has 28 heavy (non-hydrogen) atoms. The van der Waals surface area contributed by atoms with Crippen LogP contribution in [0.15, 0.2) is 36.4 Å². The van der Waals surface area contributed by atoms with Crippen molar-refractivity contribution in [2.75, 3.05) is 11.1 Å². The molecule has 148 valence electrons. The van der Waals surface area contributed by atoms with E-state index in [9.17, 15) is 4.79 Å². The summed E-state index contributed by atoms with van der Waals surface area (Å²) in [6.45, 7) is 6.07. The molecule has 3 aromatic rings. The Morgan fingerprint density at radius 2 is 1.75 bits per heavy atom. The van der Waals surface area contributed by atoms with Gasteiger partial charge in [-0.05, 0) is 69.0 Å². The Kier molecular flexibility index (Phi) is 6.58. The number of nitrogens with two attached hydrogens (primary N) is 1. The summed E-state index contributed by atoms with van der Waals surface area (Å²) < 4.78 is 0. The summed E-state index contributed by atoms with van der Waals surface area (Å²) in [5, 5.41) is 3.95. The van der Waals surface area contributed by atoms with Crippen LogP contribution in [0.3, 0.4) is 0 Å². The molecule has 0 saturated heterocycles. The van der Waals surface area contributed by atoms with E-state index >= 15 is 0 Å². The number of fused-ring (bicyclic) bond motifs is 1. The standard InChI is InChI=1S/C22H23N3O.2ClH/c1-12-8-14(3)21-17(9-12)18(11-20(24-21)15-5-6-15)22(26)25-19-10-16(23)7-4-13(19)2;;/h4,7-11,15H,5-6,23H2,1-3H3,(H,25,26);2*1H. The fourth-order valence-corrected chi connectivity index (χ4v) is 3.44. The number of amides is 1. The Bertz CT molecular complexity index is 1050. The summed E-state index contributed by atoms with van der Waals surface area (Å²) in [4.78, 5) is 18.0. The number of nitrogens with zero attached hydrogens (tertiary/aromatic N) is 1. The number of aromatic nitrogens is 1. The van der Waals surface area contributed by atoms with Crippen LogP contribution in [0.4, 0.5) is 11.4 Å². The fraction of sp³-hybridized carbons (Fsp3) is 0.273. The average molecular weight is 418 g/mol. The average Bonchev–Trinajstić information content (AvgIpc) is 3.42. The predicted molar refractivity (Wildman–Crippen MR) is 121 cm³/mol. The molecule has 1 aromatic heterocycles. The Morgan fingerprint density at radius 1 is 1.04 bits per heavy atom. The first-order valence-corrected chi connectivity index (χ1v) is 9.02. The summed E-state index contributed by atoms with van der Waals surface area (Å²) in [5.74, 6) is 0.374. The number of hydrogen-bond acceptors (Lipinski definition) is 3. The number of nitrogens with one attached hydrogen (secondary N) is 1. The van der Waals surface area contributed by atoms with E-state index in [0.29, 0.717) is 17.2 Å². The third kappa shape index (κ3) is 4.23. The van der Waals surface area contributed by atoms with Gasteiger partial charge < -0.3 is 11.1 Å². The molecule has 1 amide bonds. The van der Waals surface area contributed by atoms with E-state index < -0.39 is 0 Å². The van der Waals surface area contributed by atoms with Gasteiger partial charge in [0, 0.05) is 28.4 Å². The molecule has 0 spiro atoms. The number of nitrogen functional groups attached to an aromatic ring is 1. The van der Waals surface area contributed by atoms with Gasteiger partial charge in [-0.1, -0.05) is 17.7 Å². The Labute approximate surface area is 177 Å². The first kappa shape index (κ1) is 22.0. The Hall–Kier alpha value is -2.30. The monoisotopic (exact) mass is 417 g/mol. The topological polar surface area (TPSA) is 68.0 Å². The Morgan fingerprint density at radius 3 is 2.43 bits per heavy atom. The highest BCUT2D eigenvalue weighted by Crippen LogP contribution is 2.40. The minimum atomic E-state index is -0.113. The van der Waals surface area contributed by atoms with E-state index in [1.165, 1.54) is 0 Å². The van der Waals surface area contributed by atoms with E-state index in [4.69, 9.17) is 10.7 Å². The summed E-state index contributed by atoms with van der Waals surface area (Å²) in [7, 11) is 0. The van der Waals surface area contributed by atoms with Gasteiger partial charge in [-0.3, -0.25) is 9.78 Å². The summed E-state index contributed by atoms with van der Waals surface area (Å²) >= 11 is 0. The number of hydrogen-bond donors (Lipinski definition) is 2. The lowest BCUT2D eigenvalue weighted by Gasteiger charge is -2.14. The molecule has 2 aromatic carbocycles. The number of halogens is 2. The van der Waals surface area contributed by atoms with Gasteiger partial charge in [0.25, 0.3) is 5.91 Å². The van der Waals surface area contributed by atoms with Gasteiger partial charge in [0.15, 0.2) is 0 Å². The molecular formula is C22H25Cl2N3O. The van der Waals surface area contributed by atoms with Gasteiger partial charge in [0.2, 0.25) is 0 Å². The van der Waals surface area contributed by atoms with Crippen molar-refractivity contribution in [3.63, 3.8) is 0 Å². The van der Waals surface area contributed by atoms with Crippen molar-refractivity contribution in [2.24, 2.45) is 0 Å². The second-order valence-corrected chi connectivity index (χ2v) is 7.38. The predicted octanol–water partition coefficient (Wildman–Crippen LogP) is 5.72. The zero-order chi connectivity index (χ0) is 18.4. The van der Waals surface area contributed by atoms with Gasteiger partial charge in [0.1, 0.15) is 0 Å². The van der Waals surface area contributed by atoms with Crippen molar-refractivity contribution in [3.8, 4) is 0 Å². The van der Waals surface area contributed by atoms with E-state index in [1.807, 2.05) is 38.1 Å². The first-order valence-electron chi connectivity index (χ1n) is 9.02. The first-order chi connectivity index (χ1) is 12.4. The van der Waals surface area contributed by atoms with Crippen LogP contribution in [0, 0.1) is 20.8 Å². The second kappa shape index (κ2) is 8.38. The number of aryl methyl sites for hydroxylation is 3. The molecule has 4 rings (SSSR count). The van der Waals surface area contributed by atoms with Gasteiger partial charge in [-0.15, -0.1) is 24.8 Å². The molecule has 0 radical (unpaired) electrons. The largest absolute Gasteiger partial charge is 0.399 e. The smallest absolute Gasteiger partial charge is 0.256 e. The summed E-state index contributed by atoms with van der Waals surface area (Å²) in [6, 6.07) is 11.7. The highest BCUT2D eigenvalue weighted by atomic mass is 35.5. The van der Waals surface area contributed by atoms with Crippen molar-refractivity contribution in [1.82, 2.24) is 4.98 Å². The molecule has 1 aliphatic carbocycles. The van der Waals surface area contributed by atoms with Crippen LogP contribution < -0.4 is 11.1 Å². The van der Waals surface area contributed by atoms with E-state index in [0.717, 1.165) is 51.8 Å². The van der Waals surface area contributed by atoms with Crippen LogP contribution in [0.1, 0.15) is 51.5 Å². The van der Waals surface area contributed by atoms with Gasteiger partial charge in [0.05, 0.1) is 11.1 Å². The van der Waals surface area contributed by atoms with Crippen LogP contribution in [0.5, 0.6) is 0 Å². The van der Waals surface area contributed by atoms with Gasteiger partial charge in [-0.2, -0.15) is 0 Å². The van der Waals surface area contributed by atoms with Gasteiger partial charge >= 0.3 is 0 Å². The van der Waals surface area contributed by atoms with E-state index in [1.54, 1.807) is 6.07 Å². The van der Waals surface area contributed by atoms with Crippen LogP contribution in [0.25, 0.3) is 10.9 Å². The normalized spacial score (nSPS) is 12.8. The molecule has 4 nitrogen and oxygen atoms in total. The maximum absolute atomic E-state index is 13.1. The third-order valence-electron chi connectivity index (χ3n) is 5.02. The van der Waals surface area contributed by atoms with E-state index in [-0.39, 0.29) is 30.7 Å². The molecule has 0 unspecified atom stereocenters. The molecule has 0 aliphatic heterocycles. The molecule has 1 heterocycles. The quantitative estimate of drug-likeness (QED) is 0.535. The number of carbonyl (C=O) groups excluding carboxylic acids is 1. The summed E-state index contributed by atoms with van der Waals surface area (Å²) in [5.41, 5.74) is 13.1. The number of pyridine rings is 1. The molecule has 3 N–H and O–H groups in total. The maximum Gasteiger partial charge on any atom is 0.256 e. The van der Waals surface area contributed by atoms with Crippen molar-refractivity contribution < 1.29 is 4.79 Å². The number of carbonyl (C=O) groups is 1. The number of benzene rings is 2. The molecule has 0 atom stereocenters. The molecule has 1 saturated carbocycles. The highest BCUT2D eigenvalue weighted by Gasteiger charge is 2.27. The highest BCUT2D eigenvalue weighted by molar-refractivity contribution is 6.13. The van der Waals surface area contributed by atoms with Gasteiger partial charge in [-0.25, -0.2) is 0 Å². The molecule has 1 aliphatic rings. The van der Waals surface area contributed by atoms with Crippen molar-refractivity contribution in [3.05, 3.63) is 64.3 Å². The zero-order valence-corrected chi connectivity index (χ0v) is 17.8. The minimum Gasteiger partial charge on any atom is -0.399 e. The molecule has 0 bridgehead atoms. The van der Waals surface area contributed by atoms with Crippen molar-refractivity contribution in [1.29, 1.82) is 0 Å². The summed E-state index contributed by atoms with van der Waals surface area (Å²) in [6.07, 6.45) is 2.30. The van der Waals surface area contributed by atoms with E-state index in [2.05, 4.69) is 18.3 Å². The van der Waals surface area contributed by atoms with Crippen LogP contribution >= 0.6 is 24.8 Å². The SMILES string of the molecule is Cc1cc(C)c2nc(C3CC3)cc(C(=O)Nc3cc(N)ccc3C)c2c1.Cl.Cl. The fourth-order valence-electron chi connectivity index (χ4n) is 3.44. The Balaban J connectivity index is 0.00000140. The molecule has 1 fully saturated rings. The van der Waals surface area contributed by atoms with Crippen LogP contribution in [0.2, 0.25) is 0 Å². The van der Waals surface area contributed by atoms with Crippen molar-refractivity contribution in [2.45, 2.75) is 39.5 Å². The van der Waals surface area contributed by atoms with Crippen molar-refractivity contribution >= 4 is 53.0 Å².